The number of hydrogen-bond donors (Lipinski definition) is 1. The Kier molecular flexibility index (Phi) is 4.97. The first-order valence-corrected chi connectivity index (χ1v) is 7.22. The topological polar surface area (TPSA) is 18.5 Å². The lowest BCUT2D eigenvalue weighted by molar-refractivity contribution is 0.253. The Morgan fingerprint density at radius 2 is 2.00 bits per heavy atom. The van der Waals surface area contributed by atoms with Crippen molar-refractivity contribution >= 4 is 0 Å². The fraction of sp³-hybridized carbons (Fsp3) is 0.625. The maximum atomic E-state index is 3.45. The van der Waals surface area contributed by atoms with E-state index in [9.17, 15) is 0 Å². The van der Waals surface area contributed by atoms with Crippen LogP contribution in [0, 0.1) is 6.92 Å². The van der Waals surface area contributed by atoms with Crippen LogP contribution in [0.5, 0.6) is 0 Å². The monoisotopic (exact) mass is 261 g/mol. The Balaban J connectivity index is 1.95. The van der Waals surface area contributed by atoms with Crippen LogP contribution >= 0.6 is 0 Å². The number of nitrogens with zero attached hydrogens (tertiary/aromatic N) is 2. The van der Waals surface area contributed by atoms with Gasteiger partial charge in [-0.3, -0.25) is 4.90 Å². The molecule has 1 saturated heterocycles. The molecule has 1 aliphatic heterocycles. The van der Waals surface area contributed by atoms with Gasteiger partial charge in [-0.2, -0.15) is 0 Å². The first kappa shape index (κ1) is 14.5. The maximum absolute atomic E-state index is 3.45. The van der Waals surface area contributed by atoms with Gasteiger partial charge in [-0.05, 0) is 46.6 Å². The summed E-state index contributed by atoms with van der Waals surface area (Å²) in [4.78, 5) is 4.92. The van der Waals surface area contributed by atoms with Gasteiger partial charge < -0.3 is 10.2 Å². The third kappa shape index (κ3) is 3.78. The van der Waals surface area contributed by atoms with Gasteiger partial charge in [0.1, 0.15) is 0 Å². The van der Waals surface area contributed by atoms with E-state index in [2.05, 4.69) is 67.4 Å². The minimum absolute atomic E-state index is 0.432. The largest absolute Gasteiger partial charge is 0.312 e. The highest BCUT2D eigenvalue weighted by molar-refractivity contribution is 5.24. The van der Waals surface area contributed by atoms with Crippen LogP contribution < -0.4 is 5.32 Å². The van der Waals surface area contributed by atoms with Gasteiger partial charge in [-0.1, -0.05) is 29.8 Å². The quantitative estimate of drug-likeness (QED) is 0.873. The van der Waals surface area contributed by atoms with Crippen molar-refractivity contribution in [2.75, 3.05) is 40.8 Å². The van der Waals surface area contributed by atoms with Crippen LogP contribution in [0.3, 0.4) is 0 Å². The van der Waals surface area contributed by atoms with Gasteiger partial charge in [0.15, 0.2) is 0 Å². The molecule has 0 radical (unpaired) electrons. The smallest absolute Gasteiger partial charge is 0.0446 e. The van der Waals surface area contributed by atoms with E-state index in [4.69, 9.17) is 0 Å². The highest BCUT2D eigenvalue weighted by Crippen LogP contribution is 2.19. The van der Waals surface area contributed by atoms with E-state index in [1.807, 2.05) is 0 Å². The summed E-state index contributed by atoms with van der Waals surface area (Å²) in [5.41, 5.74) is 2.72. The zero-order chi connectivity index (χ0) is 13.8. The average Bonchev–Trinajstić information content (AvgIpc) is 2.86. The van der Waals surface area contributed by atoms with Crippen molar-refractivity contribution in [3.8, 4) is 0 Å². The van der Waals surface area contributed by atoms with Crippen LogP contribution in [-0.4, -0.2) is 56.6 Å². The first-order valence-electron chi connectivity index (χ1n) is 7.22. The third-order valence-electron chi connectivity index (χ3n) is 4.25. The molecule has 1 aromatic carbocycles. The summed E-state index contributed by atoms with van der Waals surface area (Å²) < 4.78 is 0. The minimum atomic E-state index is 0.432. The predicted molar refractivity (Wildman–Crippen MR) is 81.5 cm³/mol. The number of hydrogen-bond acceptors (Lipinski definition) is 3. The highest BCUT2D eigenvalue weighted by atomic mass is 15.2. The molecule has 3 heteroatoms. The number of benzene rings is 1. The summed E-state index contributed by atoms with van der Waals surface area (Å²) in [6.45, 7) is 5.65. The van der Waals surface area contributed by atoms with Crippen LogP contribution in [0.2, 0.25) is 0 Å². The van der Waals surface area contributed by atoms with Gasteiger partial charge in [-0.25, -0.2) is 0 Å². The second kappa shape index (κ2) is 6.51. The standard InChI is InChI=1S/C16H27N3/c1-13-5-7-14(8-6-13)16(17-2)12-19-10-9-15(11-19)18(3)4/h5-8,15-17H,9-12H2,1-4H3. The van der Waals surface area contributed by atoms with E-state index in [0.717, 1.165) is 12.6 Å². The van der Waals surface area contributed by atoms with Gasteiger partial charge >= 0.3 is 0 Å². The van der Waals surface area contributed by atoms with Gasteiger partial charge in [0.2, 0.25) is 0 Å². The fourth-order valence-corrected chi connectivity index (χ4v) is 2.82. The van der Waals surface area contributed by atoms with Crippen molar-refractivity contribution in [2.45, 2.75) is 25.4 Å². The molecular formula is C16H27N3. The summed E-state index contributed by atoms with van der Waals surface area (Å²) in [6, 6.07) is 10.0. The lowest BCUT2D eigenvalue weighted by Crippen LogP contribution is -2.35. The zero-order valence-electron chi connectivity index (χ0n) is 12.7. The van der Waals surface area contributed by atoms with Crippen LogP contribution in [0.15, 0.2) is 24.3 Å². The van der Waals surface area contributed by atoms with E-state index in [-0.39, 0.29) is 0 Å². The molecule has 0 amide bonds. The molecule has 1 heterocycles. The highest BCUT2D eigenvalue weighted by Gasteiger charge is 2.25. The minimum Gasteiger partial charge on any atom is -0.312 e. The van der Waals surface area contributed by atoms with Crippen molar-refractivity contribution in [1.29, 1.82) is 0 Å². The van der Waals surface area contributed by atoms with E-state index in [1.54, 1.807) is 0 Å². The molecular weight excluding hydrogens is 234 g/mol. The van der Waals surface area contributed by atoms with E-state index in [0.29, 0.717) is 6.04 Å². The van der Waals surface area contributed by atoms with Crippen molar-refractivity contribution < 1.29 is 0 Å². The van der Waals surface area contributed by atoms with Crippen molar-refractivity contribution in [1.82, 2.24) is 15.1 Å². The number of likely N-dealkylation sites (N-methyl/N-ethyl adjacent to an activating group) is 2. The molecule has 19 heavy (non-hydrogen) atoms. The zero-order valence-corrected chi connectivity index (χ0v) is 12.7. The normalized spacial score (nSPS) is 22.1. The van der Waals surface area contributed by atoms with Crippen LogP contribution in [0.4, 0.5) is 0 Å². The van der Waals surface area contributed by atoms with Gasteiger partial charge in [0.05, 0.1) is 0 Å². The number of likely N-dealkylation sites (tertiary alicyclic amines) is 1. The maximum Gasteiger partial charge on any atom is 0.0446 e. The number of nitrogens with one attached hydrogen (secondary N) is 1. The number of aryl methyl sites for hydroxylation is 1. The molecule has 0 aliphatic carbocycles. The molecule has 0 spiro atoms. The lowest BCUT2D eigenvalue weighted by atomic mass is 10.0. The summed E-state index contributed by atoms with van der Waals surface area (Å²) in [7, 11) is 6.43. The first-order chi connectivity index (χ1) is 9.10. The van der Waals surface area contributed by atoms with Crippen LogP contribution in [0.1, 0.15) is 23.6 Å². The van der Waals surface area contributed by atoms with Gasteiger partial charge in [0.25, 0.3) is 0 Å². The van der Waals surface area contributed by atoms with Gasteiger partial charge in [0, 0.05) is 25.2 Å². The van der Waals surface area contributed by atoms with E-state index >= 15 is 0 Å². The molecule has 2 atom stereocenters. The Morgan fingerprint density at radius 1 is 1.32 bits per heavy atom. The molecule has 3 nitrogen and oxygen atoms in total. The molecule has 2 unspecified atom stereocenters. The molecule has 1 aliphatic rings. The fourth-order valence-electron chi connectivity index (χ4n) is 2.82. The lowest BCUT2D eigenvalue weighted by Gasteiger charge is -2.25. The average molecular weight is 261 g/mol. The Bertz CT molecular complexity index is 385. The number of rotatable bonds is 5. The molecule has 0 bridgehead atoms. The molecule has 1 aromatic rings. The summed E-state index contributed by atoms with van der Waals surface area (Å²) in [5, 5.41) is 3.45. The second-order valence-corrected chi connectivity index (χ2v) is 5.92. The molecule has 1 N–H and O–H groups in total. The van der Waals surface area contributed by atoms with Crippen LogP contribution in [0.25, 0.3) is 0 Å². The van der Waals surface area contributed by atoms with Crippen LogP contribution in [-0.2, 0) is 0 Å². The third-order valence-corrected chi connectivity index (χ3v) is 4.25. The molecule has 2 rings (SSSR count). The SMILES string of the molecule is CNC(CN1CCC(N(C)C)C1)c1ccc(C)cc1. The summed E-state index contributed by atoms with van der Waals surface area (Å²) in [5.74, 6) is 0. The van der Waals surface area contributed by atoms with Crippen molar-refractivity contribution in [3.63, 3.8) is 0 Å². The Hall–Kier alpha value is -0.900. The van der Waals surface area contributed by atoms with E-state index < -0.39 is 0 Å². The summed E-state index contributed by atoms with van der Waals surface area (Å²) in [6.07, 6.45) is 1.29. The van der Waals surface area contributed by atoms with Gasteiger partial charge in [-0.15, -0.1) is 0 Å². The molecule has 1 fully saturated rings. The van der Waals surface area contributed by atoms with E-state index in [1.165, 1.54) is 30.6 Å². The molecule has 0 saturated carbocycles. The molecule has 106 valence electrons. The molecule has 0 aromatic heterocycles. The Morgan fingerprint density at radius 3 is 2.53 bits per heavy atom. The second-order valence-electron chi connectivity index (χ2n) is 5.92. The van der Waals surface area contributed by atoms with Crippen molar-refractivity contribution in [2.24, 2.45) is 0 Å². The predicted octanol–water partition coefficient (Wildman–Crippen LogP) is 1.89. The summed E-state index contributed by atoms with van der Waals surface area (Å²) >= 11 is 0. The van der Waals surface area contributed by atoms with Crippen molar-refractivity contribution in [3.05, 3.63) is 35.4 Å². The Labute approximate surface area is 117 Å².